The van der Waals surface area contributed by atoms with Gasteiger partial charge in [0.05, 0.1) is 27.4 Å². The maximum atomic E-state index is 11.1. The van der Waals surface area contributed by atoms with Gasteiger partial charge in [-0.15, -0.1) is 0 Å². The number of carbonyl (C=O) groups is 2. The van der Waals surface area contributed by atoms with Crippen molar-refractivity contribution >= 4 is 11.8 Å². The Hall–Kier alpha value is -1.42. The third kappa shape index (κ3) is 4.57. The fraction of sp³-hybridized carbons (Fsp3) is 0.400. The SMILES string of the molecule is COC(=O)/C(=C/C=C/[NH+](C)C)C(C)=O. The number of ether oxygens (including phenoxy) is 1. The first-order valence-corrected chi connectivity index (χ1v) is 4.26. The van der Waals surface area contributed by atoms with Crippen LogP contribution in [0, 0.1) is 0 Å². The number of ketones is 1. The molecule has 0 amide bonds. The van der Waals surface area contributed by atoms with Crippen molar-refractivity contribution in [2.45, 2.75) is 6.92 Å². The van der Waals surface area contributed by atoms with Crippen molar-refractivity contribution in [3.05, 3.63) is 23.9 Å². The number of carbonyl (C=O) groups excluding carboxylic acids is 2. The molecule has 0 radical (unpaired) electrons. The van der Waals surface area contributed by atoms with Crippen LogP contribution in [0.15, 0.2) is 23.9 Å². The van der Waals surface area contributed by atoms with Gasteiger partial charge in [0.25, 0.3) is 0 Å². The van der Waals surface area contributed by atoms with Gasteiger partial charge >= 0.3 is 5.97 Å². The minimum atomic E-state index is -0.601. The second kappa shape index (κ2) is 6.10. The maximum Gasteiger partial charge on any atom is 0.341 e. The van der Waals surface area contributed by atoms with Crippen LogP contribution in [0.3, 0.4) is 0 Å². The molecular formula is C10H16NO3+. The normalized spacial score (nSPS) is 12.2. The number of allylic oxidation sites excluding steroid dienone is 2. The number of methoxy groups -OCH3 is 1. The summed E-state index contributed by atoms with van der Waals surface area (Å²) in [5.41, 5.74) is 0.0602. The average molecular weight is 198 g/mol. The molecule has 0 aliphatic heterocycles. The second-order valence-corrected chi connectivity index (χ2v) is 3.06. The lowest BCUT2D eigenvalue weighted by molar-refractivity contribution is -0.801. The third-order valence-electron chi connectivity index (χ3n) is 1.48. The highest BCUT2D eigenvalue weighted by atomic mass is 16.5. The maximum absolute atomic E-state index is 11.1. The minimum Gasteiger partial charge on any atom is -0.465 e. The van der Waals surface area contributed by atoms with Crippen molar-refractivity contribution in [3.63, 3.8) is 0 Å². The smallest absolute Gasteiger partial charge is 0.341 e. The van der Waals surface area contributed by atoms with Crippen LogP contribution in [-0.2, 0) is 14.3 Å². The van der Waals surface area contributed by atoms with Crippen LogP contribution in [0.5, 0.6) is 0 Å². The Balaban J connectivity index is 4.66. The van der Waals surface area contributed by atoms with E-state index in [1.54, 1.807) is 6.08 Å². The van der Waals surface area contributed by atoms with Crippen LogP contribution >= 0.6 is 0 Å². The molecule has 1 N–H and O–H groups in total. The molecule has 0 aromatic heterocycles. The first-order valence-electron chi connectivity index (χ1n) is 4.26. The number of rotatable bonds is 4. The molecule has 4 nitrogen and oxygen atoms in total. The van der Waals surface area contributed by atoms with Crippen molar-refractivity contribution in [2.24, 2.45) is 0 Å². The Labute approximate surface area is 83.8 Å². The molecule has 14 heavy (non-hydrogen) atoms. The van der Waals surface area contributed by atoms with Crippen molar-refractivity contribution in [1.29, 1.82) is 0 Å². The van der Waals surface area contributed by atoms with E-state index in [1.807, 2.05) is 20.3 Å². The Morgan fingerprint density at radius 1 is 1.29 bits per heavy atom. The lowest BCUT2D eigenvalue weighted by atomic mass is 10.2. The molecule has 0 saturated carbocycles. The molecule has 0 rings (SSSR count). The van der Waals surface area contributed by atoms with E-state index >= 15 is 0 Å². The summed E-state index contributed by atoms with van der Waals surface area (Å²) in [4.78, 5) is 23.2. The summed E-state index contributed by atoms with van der Waals surface area (Å²) in [6.45, 7) is 1.33. The molecule has 4 heteroatoms. The first kappa shape index (κ1) is 12.6. The summed E-state index contributed by atoms with van der Waals surface area (Å²) >= 11 is 0. The molecule has 0 fully saturated rings. The van der Waals surface area contributed by atoms with Gasteiger partial charge in [0.15, 0.2) is 5.78 Å². The van der Waals surface area contributed by atoms with Crippen LogP contribution in [-0.4, -0.2) is 33.0 Å². The largest absolute Gasteiger partial charge is 0.465 e. The van der Waals surface area contributed by atoms with E-state index in [9.17, 15) is 9.59 Å². The van der Waals surface area contributed by atoms with Crippen molar-refractivity contribution in [3.8, 4) is 0 Å². The number of quaternary nitrogens is 1. The Bertz CT molecular complexity index is 277. The summed E-state index contributed by atoms with van der Waals surface area (Å²) in [5.74, 6) is -0.897. The monoisotopic (exact) mass is 198 g/mol. The predicted molar refractivity (Wildman–Crippen MR) is 52.7 cm³/mol. The summed E-state index contributed by atoms with van der Waals surface area (Å²) < 4.78 is 4.46. The highest BCUT2D eigenvalue weighted by Gasteiger charge is 2.12. The van der Waals surface area contributed by atoms with Gasteiger partial charge < -0.3 is 9.64 Å². The van der Waals surface area contributed by atoms with E-state index in [0.717, 1.165) is 4.90 Å². The molecule has 0 aromatic carbocycles. The van der Waals surface area contributed by atoms with E-state index in [1.165, 1.54) is 20.1 Å². The van der Waals surface area contributed by atoms with Crippen LogP contribution in [0.4, 0.5) is 0 Å². The summed E-state index contributed by atoms with van der Waals surface area (Å²) in [5, 5.41) is 0. The Morgan fingerprint density at radius 2 is 1.86 bits per heavy atom. The van der Waals surface area contributed by atoms with Crippen LogP contribution in [0.1, 0.15) is 6.92 Å². The zero-order chi connectivity index (χ0) is 11.1. The number of hydrogen-bond donors (Lipinski definition) is 1. The van der Waals surface area contributed by atoms with Crippen LogP contribution in [0.25, 0.3) is 0 Å². The molecule has 0 atom stereocenters. The Kier molecular flexibility index (Phi) is 5.48. The zero-order valence-corrected chi connectivity index (χ0v) is 8.96. The van der Waals surface area contributed by atoms with E-state index in [2.05, 4.69) is 4.74 Å². The quantitative estimate of drug-likeness (QED) is 0.214. The van der Waals surface area contributed by atoms with Gasteiger partial charge in [-0.1, -0.05) is 0 Å². The first-order chi connectivity index (χ1) is 6.49. The van der Waals surface area contributed by atoms with Gasteiger partial charge in [-0.25, -0.2) is 4.79 Å². The molecule has 0 saturated heterocycles. The van der Waals surface area contributed by atoms with Crippen LogP contribution < -0.4 is 4.90 Å². The van der Waals surface area contributed by atoms with E-state index < -0.39 is 5.97 Å². The number of nitrogens with one attached hydrogen (secondary N) is 1. The Morgan fingerprint density at radius 3 is 2.21 bits per heavy atom. The van der Waals surface area contributed by atoms with E-state index in [-0.39, 0.29) is 11.4 Å². The molecule has 0 aliphatic rings. The average Bonchev–Trinajstić information content (AvgIpc) is 2.10. The fourth-order valence-corrected chi connectivity index (χ4v) is 0.776. The molecule has 0 spiro atoms. The number of esters is 1. The van der Waals surface area contributed by atoms with E-state index in [4.69, 9.17) is 0 Å². The van der Waals surface area contributed by atoms with E-state index in [0.29, 0.717) is 0 Å². The molecule has 0 heterocycles. The molecule has 0 bridgehead atoms. The highest BCUT2D eigenvalue weighted by molar-refractivity contribution is 6.16. The number of hydrogen-bond acceptors (Lipinski definition) is 3. The van der Waals surface area contributed by atoms with Gasteiger partial charge in [-0.2, -0.15) is 0 Å². The summed E-state index contributed by atoms with van der Waals surface area (Å²) in [6.07, 6.45) is 4.93. The zero-order valence-electron chi connectivity index (χ0n) is 8.96. The van der Waals surface area contributed by atoms with Gasteiger partial charge in [0, 0.05) is 0 Å². The van der Waals surface area contributed by atoms with Gasteiger partial charge in [0.1, 0.15) is 5.57 Å². The van der Waals surface area contributed by atoms with Crippen molar-refractivity contribution in [2.75, 3.05) is 21.2 Å². The molecule has 0 aromatic rings. The van der Waals surface area contributed by atoms with Gasteiger partial charge in [-0.05, 0) is 19.1 Å². The lowest BCUT2D eigenvalue weighted by Gasteiger charge is -1.99. The minimum absolute atomic E-state index is 0.0602. The molecule has 0 aliphatic carbocycles. The summed E-state index contributed by atoms with van der Waals surface area (Å²) in [7, 11) is 5.10. The predicted octanol–water partition coefficient (Wildman–Crippen LogP) is -0.667. The summed E-state index contributed by atoms with van der Waals surface area (Å²) in [6, 6.07) is 0. The molecule has 78 valence electrons. The highest BCUT2D eigenvalue weighted by Crippen LogP contribution is 1.99. The molecular weight excluding hydrogens is 182 g/mol. The third-order valence-corrected chi connectivity index (χ3v) is 1.48. The van der Waals surface area contributed by atoms with Crippen LogP contribution in [0.2, 0.25) is 0 Å². The van der Waals surface area contributed by atoms with Gasteiger partial charge in [0.2, 0.25) is 0 Å². The standard InChI is InChI=1S/C10H15NO3/c1-8(12)9(10(13)14-4)6-5-7-11(2)3/h5-7H,1-4H3/p+1/b7-5+,9-6+. The fourth-order valence-electron chi connectivity index (χ4n) is 0.776. The topological polar surface area (TPSA) is 47.8 Å². The second-order valence-electron chi connectivity index (χ2n) is 3.06. The number of Topliss-reactive ketones (excluding diaryl/α,β-unsaturated/α-hetero) is 1. The van der Waals surface area contributed by atoms with Crippen molar-refractivity contribution < 1.29 is 19.2 Å². The van der Waals surface area contributed by atoms with Gasteiger partial charge in [-0.3, -0.25) is 4.79 Å². The van der Waals surface area contributed by atoms with Crippen molar-refractivity contribution in [1.82, 2.24) is 0 Å². The molecule has 0 unspecified atom stereocenters. The lowest BCUT2D eigenvalue weighted by Crippen LogP contribution is -3.00.